The van der Waals surface area contributed by atoms with Crippen LogP contribution in [0, 0.1) is 6.92 Å². The van der Waals surface area contributed by atoms with Crippen LogP contribution in [0.3, 0.4) is 0 Å². The Morgan fingerprint density at radius 3 is 2.36 bits per heavy atom. The summed E-state index contributed by atoms with van der Waals surface area (Å²) in [6.07, 6.45) is -4.92. The maximum absolute atomic E-state index is 12.7. The number of amides is 1. The first kappa shape index (κ1) is 20.2. The number of aryl methyl sites for hydroxylation is 1. The summed E-state index contributed by atoms with van der Waals surface area (Å²) < 4.78 is 72.7. The number of halogens is 3. The van der Waals surface area contributed by atoms with Crippen LogP contribution in [0.4, 0.5) is 13.2 Å². The molecule has 0 atom stereocenters. The lowest BCUT2D eigenvalue weighted by atomic mass is 10.3. The first-order valence-electron chi connectivity index (χ1n) is 8.28. The zero-order valence-corrected chi connectivity index (χ0v) is 15.6. The van der Waals surface area contributed by atoms with Crippen LogP contribution in [-0.4, -0.2) is 56.1 Å². The fourth-order valence-corrected chi connectivity index (χ4v) is 4.28. The molecule has 0 radical (unpaired) electrons. The second-order valence-electron chi connectivity index (χ2n) is 6.13. The molecule has 1 aliphatic heterocycles. The number of hydrogen-bond acceptors (Lipinski definition) is 5. The highest BCUT2D eigenvalue weighted by Crippen LogP contribution is 2.27. The van der Waals surface area contributed by atoms with Crippen LogP contribution in [0.25, 0.3) is 0 Å². The Kier molecular flexibility index (Phi) is 5.39. The topological polar surface area (TPSA) is 80.1 Å². The molecule has 0 N–H and O–H groups in total. The van der Waals surface area contributed by atoms with Gasteiger partial charge >= 0.3 is 6.36 Å². The van der Waals surface area contributed by atoms with Gasteiger partial charge in [-0.15, -0.1) is 13.2 Å². The molecule has 1 aliphatic rings. The fourth-order valence-electron chi connectivity index (χ4n) is 2.82. The van der Waals surface area contributed by atoms with Crippen molar-refractivity contribution in [2.75, 3.05) is 26.2 Å². The number of piperazine rings is 1. The van der Waals surface area contributed by atoms with Crippen LogP contribution in [0.1, 0.15) is 16.3 Å². The Morgan fingerprint density at radius 2 is 1.79 bits per heavy atom. The Morgan fingerprint density at radius 1 is 1.11 bits per heavy atom. The van der Waals surface area contributed by atoms with Crippen molar-refractivity contribution in [1.82, 2.24) is 9.21 Å². The molecule has 1 saturated heterocycles. The van der Waals surface area contributed by atoms with Crippen LogP contribution in [0.5, 0.6) is 5.75 Å². The van der Waals surface area contributed by atoms with Crippen molar-refractivity contribution >= 4 is 15.9 Å². The third-order valence-electron chi connectivity index (χ3n) is 4.15. The van der Waals surface area contributed by atoms with Crippen molar-refractivity contribution in [3.05, 3.63) is 47.9 Å². The summed E-state index contributed by atoms with van der Waals surface area (Å²) in [4.78, 5) is 13.5. The van der Waals surface area contributed by atoms with E-state index in [4.69, 9.17) is 4.42 Å². The highest BCUT2D eigenvalue weighted by molar-refractivity contribution is 7.89. The molecule has 2 heterocycles. The Labute approximate surface area is 159 Å². The van der Waals surface area contributed by atoms with Gasteiger partial charge in [0.15, 0.2) is 5.76 Å². The summed E-state index contributed by atoms with van der Waals surface area (Å²) in [5.74, 6) is -0.197. The normalized spacial score (nSPS) is 16.2. The summed E-state index contributed by atoms with van der Waals surface area (Å²) in [7, 11) is -4.03. The number of hydrogen-bond donors (Lipinski definition) is 0. The molecule has 11 heteroatoms. The van der Waals surface area contributed by atoms with E-state index < -0.39 is 22.1 Å². The molecule has 1 amide bonds. The standard InChI is InChI=1S/C17H17F3N2O5S/c1-12-5-6-15(26-12)16(23)21-7-9-22(10-8-21)28(24,25)14-4-2-3-13(11-14)27-17(18,19)20/h2-6,11H,7-10H2,1H3. The molecule has 0 unspecified atom stereocenters. The second kappa shape index (κ2) is 7.47. The van der Waals surface area contributed by atoms with E-state index in [-0.39, 0.29) is 42.7 Å². The van der Waals surface area contributed by atoms with Gasteiger partial charge in [0.2, 0.25) is 10.0 Å². The fraction of sp³-hybridized carbons (Fsp3) is 0.353. The Balaban J connectivity index is 1.69. The van der Waals surface area contributed by atoms with E-state index in [0.717, 1.165) is 16.4 Å². The Bertz CT molecular complexity index is 963. The summed E-state index contributed by atoms with van der Waals surface area (Å²) >= 11 is 0. The van der Waals surface area contributed by atoms with E-state index >= 15 is 0 Å². The number of nitrogens with zero attached hydrogens (tertiary/aromatic N) is 2. The molecule has 0 spiro atoms. The zero-order valence-electron chi connectivity index (χ0n) is 14.8. The van der Waals surface area contributed by atoms with Crippen molar-refractivity contribution in [3.8, 4) is 5.75 Å². The molecule has 152 valence electrons. The lowest BCUT2D eigenvalue weighted by Gasteiger charge is -2.33. The van der Waals surface area contributed by atoms with Crippen molar-refractivity contribution < 1.29 is 35.5 Å². The number of sulfonamides is 1. The minimum absolute atomic E-state index is 0.0120. The van der Waals surface area contributed by atoms with Crippen molar-refractivity contribution in [2.45, 2.75) is 18.2 Å². The van der Waals surface area contributed by atoms with Gasteiger partial charge in [0.05, 0.1) is 4.90 Å². The molecule has 0 aliphatic carbocycles. The molecule has 1 aromatic heterocycles. The molecule has 1 aromatic carbocycles. The lowest BCUT2D eigenvalue weighted by Crippen LogP contribution is -2.50. The predicted molar refractivity (Wildman–Crippen MR) is 91.2 cm³/mol. The predicted octanol–water partition coefficient (Wildman–Crippen LogP) is 2.63. The van der Waals surface area contributed by atoms with Gasteiger partial charge in [-0.1, -0.05) is 6.07 Å². The van der Waals surface area contributed by atoms with Crippen molar-refractivity contribution in [3.63, 3.8) is 0 Å². The average Bonchev–Trinajstić information content (AvgIpc) is 3.06. The maximum atomic E-state index is 12.7. The first-order valence-corrected chi connectivity index (χ1v) is 9.72. The monoisotopic (exact) mass is 418 g/mol. The lowest BCUT2D eigenvalue weighted by molar-refractivity contribution is -0.274. The SMILES string of the molecule is Cc1ccc(C(=O)N2CCN(S(=O)(=O)c3cccc(OC(F)(F)F)c3)CC2)o1. The van der Waals surface area contributed by atoms with Crippen LogP contribution in [-0.2, 0) is 10.0 Å². The molecular weight excluding hydrogens is 401 g/mol. The van der Waals surface area contributed by atoms with E-state index in [0.29, 0.717) is 5.76 Å². The van der Waals surface area contributed by atoms with Gasteiger partial charge < -0.3 is 14.1 Å². The van der Waals surface area contributed by atoms with E-state index in [2.05, 4.69) is 4.74 Å². The van der Waals surface area contributed by atoms with E-state index in [1.807, 2.05) is 0 Å². The molecular formula is C17H17F3N2O5S. The van der Waals surface area contributed by atoms with Crippen molar-refractivity contribution in [1.29, 1.82) is 0 Å². The van der Waals surface area contributed by atoms with Gasteiger partial charge in [-0.2, -0.15) is 4.31 Å². The molecule has 1 fully saturated rings. The number of carbonyl (C=O) groups excluding carboxylic acids is 1. The summed E-state index contributed by atoms with van der Waals surface area (Å²) in [5.41, 5.74) is 0. The van der Waals surface area contributed by atoms with Crippen LogP contribution in [0.15, 0.2) is 45.7 Å². The highest BCUT2D eigenvalue weighted by Gasteiger charge is 2.33. The van der Waals surface area contributed by atoms with Crippen molar-refractivity contribution in [2.24, 2.45) is 0 Å². The number of rotatable bonds is 4. The number of carbonyl (C=O) groups is 1. The maximum Gasteiger partial charge on any atom is 0.573 e. The highest BCUT2D eigenvalue weighted by atomic mass is 32.2. The average molecular weight is 418 g/mol. The number of alkyl halides is 3. The third-order valence-corrected chi connectivity index (χ3v) is 6.05. The van der Waals surface area contributed by atoms with Gasteiger partial charge in [0.25, 0.3) is 5.91 Å². The number of benzene rings is 1. The summed E-state index contributed by atoms with van der Waals surface area (Å²) in [6, 6.07) is 7.42. The first-order chi connectivity index (χ1) is 13.1. The van der Waals surface area contributed by atoms with Gasteiger partial charge in [-0.05, 0) is 31.2 Å². The molecule has 3 rings (SSSR count). The smallest absolute Gasteiger partial charge is 0.456 e. The minimum atomic E-state index is -4.92. The van der Waals surface area contributed by atoms with E-state index in [1.54, 1.807) is 19.1 Å². The number of furan rings is 1. The molecule has 2 aromatic rings. The van der Waals surface area contributed by atoms with Crippen LogP contribution < -0.4 is 4.74 Å². The largest absolute Gasteiger partial charge is 0.573 e. The van der Waals surface area contributed by atoms with Crippen LogP contribution in [0.2, 0.25) is 0 Å². The molecule has 7 nitrogen and oxygen atoms in total. The number of ether oxygens (including phenoxy) is 1. The minimum Gasteiger partial charge on any atom is -0.456 e. The molecule has 0 bridgehead atoms. The van der Waals surface area contributed by atoms with E-state index in [9.17, 15) is 26.4 Å². The second-order valence-corrected chi connectivity index (χ2v) is 8.07. The van der Waals surface area contributed by atoms with E-state index in [1.165, 1.54) is 17.0 Å². The summed E-state index contributed by atoms with van der Waals surface area (Å²) in [5, 5.41) is 0. The molecule has 28 heavy (non-hydrogen) atoms. The molecule has 0 saturated carbocycles. The summed E-state index contributed by atoms with van der Waals surface area (Å²) in [6.45, 7) is 2.00. The Hall–Kier alpha value is -2.53. The third kappa shape index (κ3) is 4.47. The van der Waals surface area contributed by atoms with Gasteiger partial charge in [-0.25, -0.2) is 8.42 Å². The van der Waals surface area contributed by atoms with Crippen LogP contribution >= 0.6 is 0 Å². The van der Waals surface area contributed by atoms with Gasteiger partial charge in [0, 0.05) is 32.2 Å². The quantitative estimate of drug-likeness (QED) is 0.763. The van der Waals surface area contributed by atoms with Gasteiger partial charge in [-0.3, -0.25) is 4.79 Å². The zero-order chi connectivity index (χ0) is 20.5. The van der Waals surface area contributed by atoms with Gasteiger partial charge in [0.1, 0.15) is 11.5 Å².